The number of aromatic amines is 1. The minimum absolute atomic E-state index is 0.289. The molecule has 2 rings (SSSR count). The molecule has 2 aromatic heterocycles. The van der Waals surface area contributed by atoms with Gasteiger partial charge in [0.2, 0.25) is 0 Å². The van der Waals surface area contributed by atoms with Crippen molar-refractivity contribution in [1.82, 2.24) is 20.3 Å². The van der Waals surface area contributed by atoms with Crippen molar-refractivity contribution in [2.24, 2.45) is 0 Å². The Kier molecular flexibility index (Phi) is 4.28. The maximum atomic E-state index is 4.36. The second-order valence-electron chi connectivity index (χ2n) is 3.89. The van der Waals surface area contributed by atoms with Crippen LogP contribution in [0.15, 0.2) is 18.6 Å². The molecule has 0 aliphatic rings. The Morgan fingerprint density at radius 2 is 2.29 bits per heavy atom. The quantitative estimate of drug-likeness (QED) is 0.828. The zero-order valence-electron chi connectivity index (χ0n) is 10.2. The summed E-state index contributed by atoms with van der Waals surface area (Å²) in [6.45, 7) is 5.15. The molecule has 2 aromatic rings. The second-order valence-corrected chi connectivity index (χ2v) is 5.09. The summed E-state index contributed by atoms with van der Waals surface area (Å²) in [6.07, 6.45) is 7.65. The first-order chi connectivity index (χ1) is 8.33. The first-order valence-electron chi connectivity index (χ1n) is 5.99. The third-order valence-corrected chi connectivity index (χ3v) is 3.83. The highest BCUT2D eigenvalue weighted by Crippen LogP contribution is 2.16. The van der Waals surface area contributed by atoms with Crippen molar-refractivity contribution in [2.75, 3.05) is 0 Å². The average Bonchev–Trinajstić information content (AvgIpc) is 3.00. The van der Waals surface area contributed by atoms with Gasteiger partial charge in [0.25, 0.3) is 0 Å². The third-order valence-electron chi connectivity index (χ3n) is 2.68. The molecule has 0 bridgehead atoms. The molecule has 1 unspecified atom stereocenters. The van der Waals surface area contributed by atoms with Crippen LogP contribution in [-0.4, -0.2) is 15.0 Å². The Hall–Kier alpha value is -1.20. The Balaban J connectivity index is 1.92. The maximum Gasteiger partial charge on any atom is 0.123 e. The highest BCUT2D eigenvalue weighted by atomic mass is 32.1. The fourth-order valence-corrected chi connectivity index (χ4v) is 2.53. The molecule has 0 amide bonds. The summed E-state index contributed by atoms with van der Waals surface area (Å²) in [5.74, 6) is 1.01. The van der Waals surface area contributed by atoms with E-state index in [4.69, 9.17) is 0 Å². The number of imidazole rings is 1. The van der Waals surface area contributed by atoms with E-state index in [0.29, 0.717) is 0 Å². The fraction of sp³-hybridized carbons (Fsp3) is 0.500. The number of aryl methyl sites for hydroxylation is 1. The summed E-state index contributed by atoms with van der Waals surface area (Å²) in [7, 11) is 0. The van der Waals surface area contributed by atoms with Crippen LogP contribution in [0.3, 0.4) is 0 Å². The second kappa shape index (κ2) is 5.93. The normalized spacial score (nSPS) is 12.8. The molecular formula is C12H18N4S. The van der Waals surface area contributed by atoms with Gasteiger partial charge in [0.05, 0.1) is 11.0 Å². The number of hydrogen-bond donors (Lipinski definition) is 2. The van der Waals surface area contributed by atoms with Crippen molar-refractivity contribution >= 4 is 11.3 Å². The first-order valence-corrected chi connectivity index (χ1v) is 6.81. The van der Waals surface area contributed by atoms with Gasteiger partial charge in [0.15, 0.2) is 0 Å². The van der Waals surface area contributed by atoms with Crippen LogP contribution < -0.4 is 5.32 Å². The van der Waals surface area contributed by atoms with E-state index in [1.165, 1.54) is 9.88 Å². The Morgan fingerprint density at radius 1 is 1.41 bits per heavy atom. The lowest BCUT2D eigenvalue weighted by Gasteiger charge is -2.13. The lowest BCUT2D eigenvalue weighted by Crippen LogP contribution is -2.20. The number of nitrogens with one attached hydrogen (secondary N) is 2. The summed E-state index contributed by atoms with van der Waals surface area (Å²) < 4.78 is 0. The molecule has 92 valence electrons. The molecule has 0 aliphatic carbocycles. The standard InChI is InChI=1S/C12H18N4S/c1-3-10(12-13-5-6-14-12)15-7-9-8-16-11(4-2)17-9/h5-6,8,10,15H,3-4,7H2,1-2H3,(H,13,14). The van der Waals surface area contributed by atoms with Gasteiger partial charge in [0.1, 0.15) is 5.82 Å². The van der Waals surface area contributed by atoms with Crippen LogP contribution in [0.4, 0.5) is 0 Å². The van der Waals surface area contributed by atoms with Crippen LogP contribution in [0.2, 0.25) is 0 Å². The van der Waals surface area contributed by atoms with E-state index in [9.17, 15) is 0 Å². The number of hydrogen-bond acceptors (Lipinski definition) is 4. The zero-order chi connectivity index (χ0) is 12.1. The molecule has 2 N–H and O–H groups in total. The van der Waals surface area contributed by atoms with Crippen molar-refractivity contribution in [3.05, 3.63) is 34.3 Å². The van der Waals surface area contributed by atoms with Crippen LogP contribution in [0, 0.1) is 0 Å². The number of thiazole rings is 1. The summed E-state index contributed by atoms with van der Waals surface area (Å²) in [6, 6.07) is 0.289. The molecule has 1 atom stereocenters. The molecule has 0 aromatic carbocycles. The van der Waals surface area contributed by atoms with Crippen molar-refractivity contribution in [3.8, 4) is 0 Å². The number of aromatic nitrogens is 3. The number of H-pyrrole nitrogens is 1. The van der Waals surface area contributed by atoms with E-state index in [-0.39, 0.29) is 6.04 Å². The zero-order valence-corrected chi connectivity index (χ0v) is 11.0. The average molecular weight is 250 g/mol. The molecule has 2 heterocycles. The van der Waals surface area contributed by atoms with Crippen molar-refractivity contribution in [2.45, 2.75) is 39.3 Å². The molecule has 0 aliphatic heterocycles. The first kappa shape index (κ1) is 12.3. The van der Waals surface area contributed by atoms with Crippen molar-refractivity contribution in [1.29, 1.82) is 0 Å². The van der Waals surface area contributed by atoms with Crippen LogP contribution in [-0.2, 0) is 13.0 Å². The summed E-state index contributed by atoms with van der Waals surface area (Å²) >= 11 is 1.78. The summed E-state index contributed by atoms with van der Waals surface area (Å²) in [5.41, 5.74) is 0. The van der Waals surface area contributed by atoms with Gasteiger partial charge in [0, 0.05) is 30.0 Å². The Bertz CT molecular complexity index is 435. The molecular weight excluding hydrogens is 232 g/mol. The Labute approximate surface area is 106 Å². The highest BCUT2D eigenvalue weighted by Gasteiger charge is 2.11. The lowest BCUT2D eigenvalue weighted by molar-refractivity contribution is 0.500. The predicted molar refractivity (Wildman–Crippen MR) is 70.0 cm³/mol. The van der Waals surface area contributed by atoms with Crippen LogP contribution in [0.1, 0.15) is 42.0 Å². The van der Waals surface area contributed by atoms with Crippen LogP contribution in [0.25, 0.3) is 0 Å². The van der Waals surface area contributed by atoms with E-state index < -0.39 is 0 Å². The van der Waals surface area contributed by atoms with E-state index in [1.54, 1.807) is 17.5 Å². The van der Waals surface area contributed by atoms with Crippen molar-refractivity contribution < 1.29 is 0 Å². The molecule has 5 heteroatoms. The summed E-state index contributed by atoms with van der Waals surface area (Å²) in [5, 5.41) is 4.70. The molecule has 17 heavy (non-hydrogen) atoms. The number of rotatable bonds is 6. The molecule has 4 nitrogen and oxygen atoms in total. The monoisotopic (exact) mass is 250 g/mol. The minimum atomic E-state index is 0.289. The SMILES string of the molecule is CCc1ncc(CNC(CC)c2ncc[nH]2)s1. The molecule has 0 radical (unpaired) electrons. The topological polar surface area (TPSA) is 53.6 Å². The maximum absolute atomic E-state index is 4.36. The molecule has 0 fully saturated rings. The van der Waals surface area contributed by atoms with Crippen molar-refractivity contribution in [3.63, 3.8) is 0 Å². The van der Waals surface area contributed by atoms with E-state index >= 15 is 0 Å². The smallest absolute Gasteiger partial charge is 0.123 e. The lowest BCUT2D eigenvalue weighted by atomic mass is 10.2. The van der Waals surface area contributed by atoms with Gasteiger partial charge in [-0.2, -0.15) is 0 Å². The largest absolute Gasteiger partial charge is 0.347 e. The van der Waals surface area contributed by atoms with E-state index in [2.05, 4.69) is 34.1 Å². The fourth-order valence-electron chi connectivity index (χ4n) is 1.72. The molecule has 0 saturated heterocycles. The van der Waals surface area contributed by atoms with Gasteiger partial charge in [-0.1, -0.05) is 13.8 Å². The third kappa shape index (κ3) is 3.14. The van der Waals surface area contributed by atoms with Gasteiger partial charge in [-0.15, -0.1) is 11.3 Å². The van der Waals surface area contributed by atoms with E-state index in [1.807, 2.05) is 12.4 Å². The van der Waals surface area contributed by atoms with Crippen LogP contribution >= 0.6 is 11.3 Å². The summed E-state index contributed by atoms with van der Waals surface area (Å²) in [4.78, 5) is 13.1. The molecule has 0 saturated carbocycles. The Morgan fingerprint density at radius 3 is 2.88 bits per heavy atom. The molecule has 0 spiro atoms. The van der Waals surface area contributed by atoms with Gasteiger partial charge in [-0.05, 0) is 12.8 Å². The van der Waals surface area contributed by atoms with Gasteiger partial charge in [-0.3, -0.25) is 0 Å². The highest BCUT2D eigenvalue weighted by molar-refractivity contribution is 7.11. The van der Waals surface area contributed by atoms with Crippen LogP contribution in [0.5, 0.6) is 0 Å². The van der Waals surface area contributed by atoms with E-state index in [0.717, 1.165) is 25.2 Å². The van der Waals surface area contributed by atoms with Gasteiger partial charge in [-0.25, -0.2) is 9.97 Å². The predicted octanol–water partition coefficient (Wildman–Crippen LogP) is 2.67. The minimum Gasteiger partial charge on any atom is -0.347 e. The number of nitrogens with zero attached hydrogens (tertiary/aromatic N) is 2. The van der Waals surface area contributed by atoms with Gasteiger partial charge < -0.3 is 10.3 Å². The van der Waals surface area contributed by atoms with Gasteiger partial charge >= 0.3 is 0 Å².